The fourth-order valence-corrected chi connectivity index (χ4v) is 2.30. The fourth-order valence-electron chi connectivity index (χ4n) is 1.42. The maximum Gasteiger partial charge on any atom is 0.335 e. The Labute approximate surface area is 132 Å². The van der Waals surface area contributed by atoms with Gasteiger partial charge in [-0.25, -0.2) is 22.7 Å². The summed E-state index contributed by atoms with van der Waals surface area (Å²) < 4.78 is 24.2. The molecule has 0 saturated carbocycles. The smallest absolute Gasteiger partial charge is 0.335 e. The summed E-state index contributed by atoms with van der Waals surface area (Å²) in [5, 5.41) is 8.38. The first-order valence-corrected chi connectivity index (χ1v) is 7.67. The molecule has 2 aromatic carbocycles. The van der Waals surface area contributed by atoms with E-state index < -0.39 is 22.0 Å². The SMILES string of the molecule is NC(=O)NS(=O)(=O)c1ccc(N)cc1.O=C(O)c1ccccc1. The van der Waals surface area contributed by atoms with Gasteiger partial charge in [0.15, 0.2) is 0 Å². The molecule has 0 saturated heterocycles. The van der Waals surface area contributed by atoms with Crippen LogP contribution >= 0.6 is 0 Å². The number of carboxylic acid groups (broad SMARTS) is 1. The average Bonchev–Trinajstić information content (AvgIpc) is 2.48. The van der Waals surface area contributed by atoms with Crippen LogP contribution in [0, 0.1) is 0 Å². The van der Waals surface area contributed by atoms with Crippen molar-refractivity contribution in [3.63, 3.8) is 0 Å². The predicted molar refractivity (Wildman–Crippen MR) is 84.2 cm³/mol. The Kier molecular flexibility index (Phi) is 6.10. The molecule has 6 N–H and O–H groups in total. The van der Waals surface area contributed by atoms with Gasteiger partial charge >= 0.3 is 12.0 Å². The molecule has 0 spiro atoms. The van der Waals surface area contributed by atoms with Crippen molar-refractivity contribution in [1.82, 2.24) is 4.72 Å². The van der Waals surface area contributed by atoms with Crippen molar-refractivity contribution in [2.45, 2.75) is 4.90 Å². The van der Waals surface area contributed by atoms with Crippen LogP contribution < -0.4 is 16.2 Å². The maximum absolute atomic E-state index is 11.3. The third-order valence-electron chi connectivity index (χ3n) is 2.45. The number of aromatic carboxylic acids is 1. The van der Waals surface area contributed by atoms with Crippen molar-refractivity contribution in [2.24, 2.45) is 5.73 Å². The Balaban J connectivity index is 0.000000253. The second-order valence-corrected chi connectivity index (χ2v) is 5.89. The molecule has 23 heavy (non-hydrogen) atoms. The zero-order chi connectivity index (χ0) is 17.5. The second kappa shape index (κ2) is 7.80. The number of carbonyl (C=O) groups excluding carboxylic acids is 1. The number of nitrogens with one attached hydrogen (secondary N) is 1. The fraction of sp³-hybridized carbons (Fsp3) is 0. The summed E-state index contributed by atoms with van der Waals surface area (Å²) in [6.07, 6.45) is 0. The largest absolute Gasteiger partial charge is 0.478 e. The van der Waals surface area contributed by atoms with Crippen LogP contribution in [0.2, 0.25) is 0 Å². The molecule has 0 radical (unpaired) electrons. The van der Waals surface area contributed by atoms with Gasteiger partial charge in [0.25, 0.3) is 10.0 Å². The lowest BCUT2D eigenvalue weighted by Gasteiger charge is -2.03. The van der Waals surface area contributed by atoms with Crippen LogP contribution in [0.3, 0.4) is 0 Å². The Morgan fingerprint density at radius 3 is 1.87 bits per heavy atom. The zero-order valence-corrected chi connectivity index (χ0v) is 12.7. The van der Waals surface area contributed by atoms with E-state index in [4.69, 9.17) is 16.6 Å². The normalized spacial score (nSPS) is 10.1. The number of anilines is 1. The molecule has 122 valence electrons. The summed E-state index contributed by atoms with van der Waals surface area (Å²) in [5.74, 6) is -0.879. The summed E-state index contributed by atoms with van der Waals surface area (Å²) in [5.41, 5.74) is 10.8. The van der Waals surface area contributed by atoms with E-state index in [9.17, 15) is 18.0 Å². The zero-order valence-electron chi connectivity index (χ0n) is 11.8. The van der Waals surface area contributed by atoms with Crippen molar-refractivity contribution >= 4 is 27.7 Å². The summed E-state index contributed by atoms with van der Waals surface area (Å²) in [4.78, 5) is 20.5. The topological polar surface area (TPSA) is 153 Å². The highest BCUT2D eigenvalue weighted by Gasteiger charge is 2.14. The molecule has 0 aliphatic heterocycles. The molecule has 0 aliphatic carbocycles. The van der Waals surface area contributed by atoms with Crippen molar-refractivity contribution in [2.75, 3.05) is 5.73 Å². The van der Waals surface area contributed by atoms with Crippen molar-refractivity contribution in [3.05, 3.63) is 60.2 Å². The molecule has 0 aromatic heterocycles. The van der Waals surface area contributed by atoms with Gasteiger partial charge in [0.1, 0.15) is 0 Å². The molecule has 2 rings (SSSR count). The van der Waals surface area contributed by atoms with E-state index in [1.165, 1.54) is 24.3 Å². The molecule has 0 fully saturated rings. The molecular weight excluding hydrogens is 322 g/mol. The molecule has 8 nitrogen and oxygen atoms in total. The van der Waals surface area contributed by atoms with E-state index in [0.29, 0.717) is 11.3 Å². The van der Waals surface area contributed by atoms with E-state index in [1.807, 2.05) is 0 Å². The monoisotopic (exact) mass is 337 g/mol. The van der Waals surface area contributed by atoms with Gasteiger partial charge in [-0.05, 0) is 36.4 Å². The predicted octanol–water partition coefficient (Wildman–Crippen LogP) is 1.01. The van der Waals surface area contributed by atoms with E-state index in [0.717, 1.165) is 0 Å². The van der Waals surface area contributed by atoms with Crippen LogP contribution in [0.4, 0.5) is 10.5 Å². The first kappa shape index (κ1) is 18.0. The van der Waals surface area contributed by atoms with Crippen LogP contribution in [0.1, 0.15) is 10.4 Å². The summed E-state index contributed by atoms with van der Waals surface area (Å²) in [6, 6.07) is 12.6. The molecule has 0 heterocycles. The summed E-state index contributed by atoms with van der Waals surface area (Å²) in [7, 11) is -3.86. The molecule has 2 amide bonds. The third kappa shape index (κ3) is 6.06. The van der Waals surface area contributed by atoms with Crippen LogP contribution in [-0.2, 0) is 10.0 Å². The van der Waals surface area contributed by atoms with Crippen molar-refractivity contribution in [1.29, 1.82) is 0 Å². The number of carbonyl (C=O) groups is 2. The number of sulfonamides is 1. The average molecular weight is 337 g/mol. The highest BCUT2D eigenvalue weighted by molar-refractivity contribution is 7.90. The molecule has 0 aliphatic rings. The lowest BCUT2D eigenvalue weighted by atomic mass is 10.2. The van der Waals surface area contributed by atoms with Crippen LogP contribution in [0.15, 0.2) is 59.5 Å². The molecule has 0 bridgehead atoms. The minimum Gasteiger partial charge on any atom is -0.478 e. The number of carboxylic acids is 1. The first-order valence-electron chi connectivity index (χ1n) is 6.18. The van der Waals surface area contributed by atoms with Gasteiger partial charge in [0.2, 0.25) is 0 Å². The minimum absolute atomic E-state index is 0.0644. The Morgan fingerprint density at radius 1 is 0.957 bits per heavy atom. The number of benzene rings is 2. The Bertz CT molecular complexity index is 774. The van der Waals surface area contributed by atoms with Gasteiger partial charge in [-0.15, -0.1) is 0 Å². The number of rotatable bonds is 3. The number of nitrogen functional groups attached to an aromatic ring is 1. The standard InChI is InChI=1S/C7H9N3O3S.C7H6O2/c8-5-1-3-6(4-2-5)14(12,13)10-7(9)11;8-7(9)6-4-2-1-3-5-6/h1-4H,8H2,(H3,9,10,11);1-5H,(H,8,9). The Morgan fingerprint density at radius 2 is 1.48 bits per heavy atom. The van der Waals surface area contributed by atoms with Crippen LogP contribution in [0.25, 0.3) is 0 Å². The highest BCUT2D eigenvalue weighted by atomic mass is 32.2. The second-order valence-electron chi connectivity index (χ2n) is 4.21. The van der Waals surface area contributed by atoms with E-state index in [2.05, 4.69) is 0 Å². The highest BCUT2D eigenvalue weighted by Crippen LogP contribution is 2.10. The van der Waals surface area contributed by atoms with Gasteiger partial charge in [0, 0.05) is 5.69 Å². The van der Waals surface area contributed by atoms with Crippen LogP contribution in [-0.4, -0.2) is 25.5 Å². The molecule has 0 unspecified atom stereocenters. The van der Waals surface area contributed by atoms with Crippen LogP contribution in [0.5, 0.6) is 0 Å². The van der Waals surface area contributed by atoms with Gasteiger partial charge in [-0.2, -0.15) is 0 Å². The quantitative estimate of drug-likeness (QED) is 0.613. The molecule has 9 heteroatoms. The van der Waals surface area contributed by atoms with E-state index in [1.54, 1.807) is 35.1 Å². The van der Waals surface area contributed by atoms with E-state index >= 15 is 0 Å². The summed E-state index contributed by atoms with van der Waals surface area (Å²) >= 11 is 0. The van der Waals surface area contributed by atoms with Crippen molar-refractivity contribution in [3.8, 4) is 0 Å². The first-order chi connectivity index (χ1) is 10.7. The lowest BCUT2D eigenvalue weighted by molar-refractivity contribution is 0.0697. The molecule has 2 aromatic rings. The molecular formula is C14H15N3O5S. The number of amides is 2. The third-order valence-corrected chi connectivity index (χ3v) is 3.81. The number of nitrogens with two attached hydrogens (primary N) is 2. The van der Waals surface area contributed by atoms with Gasteiger partial charge in [0.05, 0.1) is 10.5 Å². The van der Waals surface area contributed by atoms with Gasteiger partial charge in [-0.3, -0.25) is 0 Å². The number of urea groups is 1. The minimum atomic E-state index is -3.86. The number of hydrogen-bond donors (Lipinski definition) is 4. The molecule has 0 atom stereocenters. The number of hydrogen-bond acceptors (Lipinski definition) is 5. The lowest BCUT2D eigenvalue weighted by Crippen LogP contribution is -2.34. The number of primary amides is 1. The summed E-state index contributed by atoms with van der Waals surface area (Å²) in [6.45, 7) is 0. The van der Waals surface area contributed by atoms with Crippen molar-refractivity contribution < 1.29 is 23.1 Å². The Hall–Kier alpha value is -3.07. The van der Waals surface area contributed by atoms with Gasteiger partial charge in [-0.1, -0.05) is 18.2 Å². The van der Waals surface area contributed by atoms with Gasteiger partial charge < -0.3 is 16.6 Å². The maximum atomic E-state index is 11.3. The van der Waals surface area contributed by atoms with E-state index in [-0.39, 0.29) is 4.90 Å².